The third-order valence-electron chi connectivity index (χ3n) is 2.17. The molecule has 1 N–H and O–H groups in total. The molecule has 0 spiro atoms. The highest BCUT2D eigenvalue weighted by atomic mass is 19.1. The minimum atomic E-state index is -0.571. The van der Waals surface area contributed by atoms with E-state index >= 15 is 0 Å². The molecule has 0 amide bonds. The summed E-state index contributed by atoms with van der Waals surface area (Å²) in [4.78, 5) is 3.85. The molecule has 4 nitrogen and oxygen atoms in total. The Labute approximate surface area is 96.6 Å². The Morgan fingerprint density at radius 2 is 1.94 bits per heavy atom. The zero-order valence-electron chi connectivity index (χ0n) is 8.99. The summed E-state index contributed by atoms with van der Waals surface area (Å²) in [6.45, 7) is 0.989. The predicted octanol–water partition coefficient (Wildman–Crippen LogP) is 1.68. The average molecular weight is 239 g/mol. The molecule has 0 bridgehead atoms. The topological polar surface area (TPSA) is 51.0 Å². The van der Waals surface area contributed by atoms with Gasteiger partial charge in [-0.1, -0.05) is 5.16 Å². The van der Waals surface area contributed by atoms with E-state index in [1.165, 1.54) is 18.5 Å². The summed E-state index contributed by atoms with van der Waals surface area (Å²) in [5.74, 6) is -0.611. The van der Waals surface area contributed by atoms with Crippen LogP contribution in [0, 0.1) is 11.6 Å². The van der Waals surface area contributed by atoms with Crippen LogP contribution in [-0.2, 0) is 13.0 Å². The summed E-state index contributed by atoms with van der Waals surface area (Å²) in [5.41, 5.74) is 0.563. The summed E-state index contributed by atoms with van der Waals surface area (Å²) in [5, 5.41) is 6.50. The van der Waals surface area contributed by atoms with Gasteiger partial charge in [0.2, 0.25) is 5.89 Å². The third kappa shape index (κ3) is 3.60. The summed E-state index contributed by atoms with van der Waals surface area (Å²) in [6, 6.07) is 3.44. The van der Waals surface area contributed by atoms with E-state index in [4.69, 9.17) is 4.52 Å². The number of nitrogens with one attached hydrogen (secondary N) is 1. The molecule has 17 heavy (non-hydrogen) atoms. The molecule has 90 valence electrons. The van der Waals surface area contributed by atoms with E-state index in [2.05, 4.69) is 15.5 Å². The maximum absolute atomic E-state index is 12.9. The lowest BCUT2D eigenvalue weighted by atomic mass is 10.2. The van der Waals surface area contributed by atoms with E-state index in [0.717, 1.165) is 6.07 Å². The van der Waals surface area contributed by atoms with Gasteiger partial charge in [-0.2, -0.15) is 4.98 Å². The van der Waals surface area contributed by atoms with Crippen molar-refractivity contribution in [1.29, 1.82) is 0 Å². The van der Waals surface area contributed by atoms with E-state index in [1.54, 1.807) is 0 Å². The lowest BCUT2D eigenvalue weighted by Crippen LogP contribution is -2.17. The van der Waals surface area contributed by atoms with Gasteiger partial charge >= 0.3 is 0 Å². The van der Waals surface area contributed by atoms with Crippen molar-refractivity contribution in [2.45, 2.75) is 13.0 Å². The van der Waals surface area contributed by atoms with Crippen LogP contribution in [0.5, 0.6) is 0 Å². The second kappa shape index (κ2) is 5.49. The van der Waals surface area contributed by atoms with Crippen LogP contribution in [0.2, 0.25) is 0 Å². The zero-order chi connectivity index (χ0) is 12.1. The molecule has 0 atom stereocenters. The standard InChI is InChI=1S/C11H11F2N3O/c12-9-3-8(4-10(13)5-9)6-14-2-1-11-15-7-16-17-11/h3-5,7,14H,1-2,6H2. The van der Waals surface area contributed by atoms with Gasteiger partial charge in [0, 0.05) is 25.6 Å². The van der Waals surface area contributed by atoms with Crippen molar-refractivity contribution >= 4 is 0 Å². The van der Waals surface area contributed by atoms with Crippen LogP contribution in [0.25, 0.3) is 0 Å². The van der Waals surface area contributed by atoms with E-state index in [1.807, 2.05) is 0 Å². The molecule has 0 fully saturated rings. The molecule has 6 heteroatoms. The highest BCUT2D eigenvalue weighted by Crippen LogP contribution is 2.07. The van der Waals surface area contributed by atoms with Gasteiger partial charge in [-0.25, -0.2) is 8.78 Å². The lowest BCUT2D eigenvalue weighted by molar-refractivity contribution is 0.375. The van der Waals surface area contributed by atoms with Crippen molar-refractivity contribution in [2.75, 3.05) is 6.54 Å². The average Bonchev–Trinajstić information content (AvgIpc) is 2.76. The number of halogens is 2. The number of hydrogen-bond acceptors (Lipinski definition) is 4. The van der Waals surface area contributed by atoms with Crippen LogP contribution < -0.4 is 5.32 Å². The van der Waals surface area contributed by atoms with E-state index in [0.29, 0.717) is 31.0 Å². The molecule has 0 aliphatic heterocycles. The van der Waals surface area contributed by atoms with Gasteiger partial charge in [-0.3, -0.25) is 0 Å². The Morgan fingerprint density at radius 1 is 1.18 bits per heavy atom. The van der Waals surface area contributed by atoms with Gasteiger partial charge in [0.15, 0.2) is 6.33 Å². The first-order valence-corrected chi connectivity index (χ1v) is 5.15. The summed E-state index contributed by atoms with van der Waals surface area (Å²) >= 11 is 0. The minimum Gasteiger partial charge on any atom is -0.340 e. The van der Waals surface area contributed by atoms with Crippen LogP contribution in [0.3, 0.4) is 0 Å². The first kappa shape index (κ1) is 11.7. The van der Waals surface area contributed by atoms with Crippen molar-refractivity contribution in [1.82, 2.24) is 15.5 Å². The predicted molar refractivity (Wildman–Crippen MR) is 56.1 cm³/mol. The fourth-order valence-corrected chi connectivity index (χ4v) is 1.45. The second-order valence-corrected chi connectivity index (χ2v) is 3.54. The fourth-order valence-electron chi connectivity index (χ4n) is 1.45. The molecular weight excluding hydrogens is 228 g/mol. The maximum atomic E-state index is 12.9. The Hall–Kier alpha value is -1.82. The highest BCUT2D eigenvalue weighted by molar-refractivity contribution is 5.17. The molecule has 0 saturated carbocycles. The SMILES string of the molecule is Fc1cc(F)cc(CNCCc2ncno2)c1. The smallest absolute Gasteiger partial charge is 0.227 e. The van der Waals surface area contributed by atoms with E-state index in [-0.39, 0.29) is 0 Å². The quantitative estimate of drug-likeness (QED) is 0.806. The van der Waals surface area contributed by atoms with E-state index in [9.17, 15) is 8.78 Å². The molecule has 2 rings (SSSR count). The Morgan fingerprint density at radius 3 is 2.59 bits per heavy atom. The monoisotopic (exact) mass is 239 g/mol. The molecule has 0 aliphatic rings. The van der Waals surface area contributed by atoms with Crippen LogP contribution in [-0.4, -0.2) is 16.7 Å². The van der Waals surface area contributed by atoms with Crippen LogP contribution in [0.15, 0.2) is 29.0 Å². The van der Waals surface area contributed by atoms with Crippen molar-refractivity contribution in [3.63, 3.8) is 0 Å². The molecule has 0 radical (unpaired) electrons. The lowest BCUT2D eigenvalue weighted by Gasteiger charge is -2.03. The van der Waals surface area contributed by atoms with Gasteiger partial charge in [-0.15, -0.1) is 0 Å². The van der Waals surface area contributed by atoms with Gasteiger partial charge < -0.3 is 9.84 Å². The van der Waals surface area contributed by atoms with E-state index < -0.39 is 11.6 Å². The van der Waals surface area contributed by atoms with Gasteiger partial charge in [0.1, 0.15) is 11.6 Å². The van der Waals surface area contributed by atoms with Crippen LogP contribution in [0.4, 0.5) is 8.78 Å². The number of aromatic nitrogens is 2. The van der Waals surface area contributed by atoms with Crippen molar-refractivity contribution < 1.29 is 13.3 Å². The molecule has 2 aromatic rings. The molecular formula is C11H11F2N3O. The number of rotatable bonds is 5. The molecule has 0 aliphatic carbocycles. The first-order valence-electron chi connectivity index (χ1n) is 5.15. The maximum Gasteiger partial charge on any atom is 0.227 e. The van der Waals surface area contributed by atoms with Crippen molar-refractivity contribution in [3.05, 3.63) is 47.6 Å². The summed E-state index contributed by atoms with van der Waals surface area (Å²) in [6.07, 6.45) is 1.91. The normalized spacial score (nSPS) is 10.7. The molecule has 0 unspecified atom stereocenters. The summed E-state index contributed by atoms with van der Waals surface area (Å²) < 4.78 is 30.5. The molecule has 1 heterocycles. The largest absolute Gasteiger partial charge is 0.340 e. The summed E-state index contributed by atoms with van der Waals surface area (Å²) in [7, 11) is 0. The minimum absolute atomic E-state index is 0.392. The second-order valence-electron chi connectivity index (χ2n) is 3.54. The first-order chi connectivity index (χ1) is 8.24. The molecule has 1 aromatic carbocycles. The number of benzene rings is 1. The van der Waals surface area contributed by atoms with Crippen molar-refractivity contribution in [3.8, 4) is 0 Å². The Balaban J connectivity index is 1.78. The van der Waals surface area contributed by atoms with Crippen molar-refractivity contribution in [2.24, 2.45) is 0 Å². The van der Waals surface area contributed by atoms with Gasteiger partial charge in [0.25, 0.3) is 0 Å². The zero-order valence-corrected chi connectivity index (χ0v) is 8.99. The Bertz CT molecular complexity index is 453. The van der Waals surface area contributed by atoms with Gasteiger partial charge in [-0.05, 0) is 17.7 Å². The third-order valence-corrected chi connectivity index (χ3v) is 2.17. The Kier molecular flexibility index (Phi) is 3.77. The van der Waals surface area contributed by atoms with Crippen LogP contribution >= 0.6 is 0 Å². The van der Waals surface area contributed by atoms with Gasteiger partial charge in [0.05, 0.1) is 0 Å². The number of nitrogens with zero attached hydrogens (tertiary/aromatic N) is 2. The molecule has 0 saturated heterocycles. The molecule has 1 aromatic heterocycles. The highest BCUT2D eigenvalue weighted by Gasteiger charge is 2.01. The number of hydrogen-bond donors (Lipinski definition) is 1. The fraction of sp³-hybridized carbons (Fsp3) is 0.273. The van der Waals surface area contributed by atoms with Crippen LogP contribution in [0.1, 0.15) is 11.5 Å².